The van der Waals surface area contributed by atoms with E-state index in [2.05, 4.69) is 16.4 Å². The van der Waals surface area contributed by atoms with Gasteiger partial charge in [0, 0.05) is 37.3 Å². The van der Waals surface area contributed by atoms with Gasteiger partial charge in [0.2, 0.25) is 0 Å². The highest BCUT2D eigenvalue weighted by atomic mass is 32.1. The third-order valence-corrected chi connectivity index (χ3v) is 5.12. The Balaban J connectivity index is 1.83. The lowest BCUT2D eigenvalue weighted by atomic mass is 9.93. The van der Waals surface area contributed by atoms with Crippen LogP contribution >= 0.6 is 11.3 Å². The quantitative estimate of drug-likeness (QED) is 0.838. The number of methoxy groups -OCH3 is 1. The molecule has 1 atom stereocenters. The van der Waals surface area contributed by atoms with E-state index in [0.717, 1.165) is 35.6 Å². The fraction of sp³-hybridized carbons (Fsp3) is 0.444. The number of amides is 1. The average Bonchev–Trinajstić information content (AvgIpc) is 3.31. The molecule has 0 bridgehead atoms. The number of hydrogen-bond donors (Lipinski definition) is 1. The van der Waals surface area contributed by atoms with E-state index < -0.39 is 0 Å². The first-order valence-corrected chi connectivity index (χ1v) is 9.13. The molecule has 1 fully saturated rings. The summed E-state index contributed by atoms with van der Waals surface area (Å²) in [6.45, 7) is 3.56. The number of carbonyl (C=O) groups excluding carboxylic acids is 1. The van der Waals surface area contributed by atoms with Gasteiger partial charge < -0.3 is 15.0 Å². The summed E-state index contributed by atoms with van der Waals surface area (Å²) >= 11 is 1.57. The lowest BCUT2D eigenvalue weighted by Gasteiger charge is -2.24. The van der Waals surface area contributed by atoms with Crippen molar-refractivity contribution < 1.29 is 9.53 Å². The van der Waals surface area contributed by atoms with E-state index in [1.807, 2.05) is 28.5 Å². The second kappa shape index (κ2) is 8.37. The van der Waals surface area contributed by atoms with Gasteiger partial charge in [-0.05, 0) is 30.5 Å². The number of ether oxygens (including phenoxy) is 1. The minimum absolute atomic E-state index is 0.0600. The van der Waals surface area contributed by atoms with Crippen LogP contribution in [-0.4, -0.2) is 49.1 Å². The Labute approximate surface area is 146 Å². The molecule has 1 N–H and O–H groups in total. The summed E-state index contributed by atoms with van der Waals surface area (Å²) in [5.41, 5.74) is 1.95. The van der Waals surface area contributed by atoms with E-state index in [1.165, 1.54) is 0 Å². The molecule has 1 aromatic heterocycles. The first-order valence-electron chi connectivity index (χ1n) is 8.26. The van der Waals surface area contributed by atoms with Gasteiger partial charge in [0.15, 0.2) is 0 Å². The van der Waals surface area contributed by atoms with Gasteiger partial charge in [-0.1, -0.05) is 18.2 Å². The Hall–Kier alpha value is -1.76. The van der Waals surface area contributed by atoms with E-state index in [1.54, 1.807) is 24.6 Å². The molecule has 0 saturated carbocycles. The van der Waals surface area contributed by atoms with Crippen LogP contribution in [-0.2, 0) is 11.3 Å². The fourth-order valence-corrected chi connectivity index (χ4v) is 3.72. The van der Waals surface area contributed by atoms with Gasteiger partial charge in [-0.3, -0.25) is 4.79 Å². The zero-order valence-electron chi connectivity index (χ0n) is 13.9. The molecule has 0 aliphatic carbocycles. The van der Waals surface area contributed by atoms with Gasteiger partial charge in [-0.15, -0.1) is 11.3 Å². The third-order valence-electron chi connectivity index (χ3n) is 4.35. The Kier molecular flexibility index (Phi) is 5.96. The summed E-state index contributed by atoms with van der Waals surface area (Å²) in [5.74, 6) is 0.471. The second-order valence-electron chi connectivity index (χ2n) is 5.92. The number of nitrogens with zero attached hydrogens (tertiary/aromatic N) is 2. The molecule has 0 spiro atoms. The Morgan fingerprint density at radius 1 is 1.46 bits per heavy atom. The van der Waals surface area contributed by atoms with Gasteiger partial charge in [-0.25, -0.2) is 4.98 Å². The molecular weight excluding hydrogens is 322 g/mol. The van der Waals surface area contributed by atoms with Gasteiger partial charge >= 0.3 is 0 Å². The van der Waals surface area contributed by atoms with E-state index in [-0.39, 0.29) is 5.91 Å². The zero-order chi connectivity index (χ0) is 16.8. The standard InChI is InChI=1S/C18H23N3O2S/c1-23-10-9-21(13-17-20-8-11-24-17)18(22)16-5-3-2-4-15(16)14-6-7-19-12-14/h2-5,8,11,14,19H,6-7,9-10,12-13H2,1H3/t14-/m1/s1. The van der Waals surface area contributed by atoms with Crippen molar-refractivity contribution in [3.05, 3.63) is 52.0 Å². The van der Waals surface area contributed by atoms with Crippen LogP contribution in [0.5, 0.6) is 0 Å². The molecule has 1 aromatic carbocycles. The molecule has 24 heavy (non-hydrogen) atoms. The van der Waals surface area contributed by atoms with Gasteiger partial charge in [0.1, 0.15) is 5.01 Å². The number of carbonyl (C=O) groups is 1. The predicted molar refractivity (Wildman–Crippen MR) is 95.4 cm³/mol. The number of aromatic nitrogens is 1. The summed E-state index contributed by atoms with van der Waals surface area (Å²) < 4.78 is 5.19. The van der Waals surface area contributed by atoms with Crippen LogP contribution < -0.4 is 5.32 Å². The normalized spacial score (nSPS) is 17.1. The van der Waals surface area contributed by atoms with Crippen molar-refractivity contribution in [2.24, 2.45) is 0 Å². The molecule has 5 nitrogen and oxygen atoms in total. The third kappa shape index (κ3) is 4.01. The summed E-state index contributed by atoms with van der Waals surface area (Å²) in [5, 5.41) is 6.26. The largest absolute Gasteiger partial charge is 0.383 e. The fourth-order valence-electron chi connectivity index (χ4n) is 3.09. The van der Waals surface area contributed by atoms with Gasteiger partial charge in [0.25, 0.3) is 5.91 Å². The SMILES string of the molecule is COCCN(Cc1nccs1)C(=O)c1ccccc1[C@@H]1CCNC1. The smallest absolute Gasteiger partial charge is 0.254 e. The molecule has 2 heterocycles. The lowest BCUT2D eigenvalue weighted by Crippen LogP contribution is -2.34. The van der Waals surface area contributed by atoms with Crippen LogP contribution in [0.1, 0.15) is 33.3 Å². The van der Waals surface area contributed by atoms with E-state index in [9.17, 15) is 4.79 Å². The number of thiazole rings is 1. The molecule has 3 rings (SSSR count). The van der Waals surface area contributed by atoms with E-state index in [4.69, 9.17) is 4.74 Å². The highest BCUT2D eigenvalue weighted by Crippen LogP contribution is 2.27. The first-order chi connectivity index (χ1) is 11.8. The molecule has 128 valence electrons. The van der Waals surface area contributed by atoms with Gasteiger partial charge in [-0.2, -0.15) is 0 Å². The predicted octanol–water partition coefficient (Wildman–Crippen LogP) is 2.51. The summed E-state index contributed by atoms with van der Waals surface area (Å²) in [6.07, 6.45) is 2.85. The molecular formula is C18H23N3O2S. The average molecular weight is 345 g/mol. The second-order valence-corrected chi connectivity index (χ2v) is 6.90. The minimum Gasteiger partial charge on any atom is -0.383 e. The van der Waals surface area contributed by atoms with E-state index in [0.29, 0.717) is 25.6 Å². The van der Waals surface area contributed by atoms with Crippen LogP contribution in [0.15, 0.2) is 35.8 Å². The van der Waals surface area contributed by atoms with Crippen LogP contribution in [0.2, 0.25) is 0 Å². The highest BCUT2D eigenvalue weighted by molar-refractivity contribution is 7.09. The number of hydrogen-bond acceptors (Lipinski definition) is 5. The van der Waals surface area contributed by atoms with Crippen LogP contribution in [0.4, 0.5) is 0 Å². The van der Waals surface area contributed by atoms with Crippen molar-refractivity contribution in [2.45, 2.75) is 18.9 Å². The molecule has 0 unspecified atom stereocenters. The molecule has 1 aliphatic heterocycles. The first kappa shape index (κ1) is 17.1. The maximum Gasteiger partial charge on any atom is 0.254 e. The van der Waals surface area contributed by atoms with Crippen molar-refractivity contribution >= 4 is 17.2 Å². The highest BCUT2D eigenvalue weighted by Gasteiger charge is 2.25. The van der Waals surface area contributed by atoms with Crippen LogP contribution in [0.25, 0.3) is 0 Å². The van der Waals surface area contributed by atoms with Crippen LogP contribution in [0, 0.1) is 0 Å². The summed E-state index contributed by atoms with van der Waals surface area (Å²) in [7, 11) is 1.66. The minimum atomic E-state index is 0.0600. The van der Waals surface area contributed by atoms with Crippen molar-refractivity contribution in [1.82, 2.24) is 15.2 Å². The van der Waals surface area contributed by atoms with Gasteiger partial charge in [0.05, 0.1) is 13.2 Å². The Morgan fingerprint density at radius 2 is 2.33 bits per heavy atom. The van der Waals surface area contributed by atoms with Crippen molar-refractivity contribution in [3.63, 3.8) is 0 Å². The van der Waals surface area contributed by atoms with Crippen LogP contribution in [0.3, 0.4) is 0 Å². The molecule has 1 amide bonds. The number of nitrogens with one attached hydrogen (secondary N) is 1. The van der Waals surface area contributed by atoms with E-state index >= 15 is 0 Å². The number of benzene rings is 1. The number of rotatable bonds is 7. The van der Waals surface area contributed by atoms with Crippen molar-refractivity contribution in [3.8, 4) is 0 Å². The summed E-state index contributed by atoms with van der Waals surface area (Å²) in [6, 6.07) is 7.99. The van der Waals surface area contributed by atoms with Crippen molar-refractivity contribution in [2.75, 3.05) is 33.4 Å². The molecule has 6 heteroatoms. The Bertz CT molecular complexity index is 654. The maximum absolute atomic E-state index is 13.2. The molecule has 1 aliphatic rings. The molecule has 1 saturated heterocycles. The Morgan fingerprint density at radius 3 is 3.04 bits per heavy atom. The monoisotopic (exact) mass is 345 g/mol. The lowest BCUT2D eigenvalue weighted by molar-refractivity contribution is 0.0678. The summed E-state index contributed by atoms with van der Waals surface area (Å²) in [4.78, 5) is 19.3. The van der Waals surface area contributed by atoms with Crippen molar-refractivity contribution in [1.29, 1.82) is 0 Å². The maximum atomic E-state index is 13.2. The zero-order valence-corrected chi connectivity index (χ0v) is 14.7. The molecule has 2 aromatic rings. The topological polar surface area (TPSA) is 54.5 Å². The molecule has 0 radical (unpaired) electrons.